The van der Waals surface area contributed by atoms with Crippen LogP contribution in [0.25, 0.3) is 10.9 Å². The highest BCUT2D eigenvalue weighted by Gasteiger charge is 2.44. The Labute approximate surface area is 161 Å². The molecular formula is C18H13ClFN3O5. The number of carbonyl (C=O) groups excluding carboxylic acids is 4. The maximum Gasteiger partial charge on any atom is 0.330 e. The van der Waals surface area contributed by atoms with Crippen LogP contribution in [0.4, 0.5) is 9.18 Å². The average molecular weight is 406 g/mol. The molecule has 1 aliphatic heterocycles. The van der Waals surface area contributed by atoms with Gasteiger partial charge in [-0.1, -0.05) is 11.6 Å². The highest BCUT2D eigenvalue weighted by Crippen LogP contribution is 2.38. The number of hydrogen-bond donors (Lipinski definition) is 1. The molecule has 4 rings (SSSR count). The fourth-order valence-corrected chi connectivity index (χ4v) is 3.39. The lowest BCUT2D eigenvalue weighted by molar-refractivity contribution is -0.139. The van der Waals surface area contributed by atoms with Gasteiger partial charge in [-0.2, -0.15) is 0 Å². The zero-order chi connectivity index (χ0) is 20.3. The van der Waals surface area contributed by atoms with Crippen molar-refractivity contribution in [3.05, 3.63) is 45.0 Å². The number of ketones is 1. The number of fused-ring (bicyclic) bond motifs is 1. The van der Waals surface area contributed by atoms with Crippen molar-refractivity contribution in [3.8, 4) is 0 Å². The molecule has 0 radical (unpaired) electrons. The van der Waals surface area contributed by atoms with E-state index in [0.29, 0.717) is 10.4 Å². The van der Waals surface area contributed by atoms with Gasteiger partial charge >= 0.3 is 6.03 Å². The van der Waals surface area contributed by atoms with Gasteiger partial charge in [0, 0.05) is 24.7 Å². The molecule has 2 aromatic rings. The smallest absolute Gasteiger partial charge is 0.330 e. The van der Waals surface area contributed by atoms with Crippen molar-refractivity contribution in [1.82, 2.24) is 14.8 Å². The lowest BCUT2D eigenvalue weighted by atomic mass is 9.94. The van der Waals surface area contributed by atoms with E-state index in [2.05, 4.69) is 0 Å². The summed E-state index contributed by atoms with van der Waals surface area (Å²) in [6, 6.07) is 1.29. The molecule has 1 atom stereocenters. The number of carbonyl (C=O) groups is 4. The Kier molecular flexibility index (Phi) is 4.07. The Hall–Kier alpha value is -3.07. The first-order valence-corrected chi connectivity index (χ1v) is 8.79. The van der Waals surface area contributed by atoms with E-state index in [4.69, 9.17) is 11.6 Å². The molecule has 2 fully saturated rings. The van der Waals surface area contributed by atoms with E-state index in [1.165, 1.54) is 12.3 Å². The lowest BCUT2D eigenvalue weighted by Gasteiger charge is -2.26. The number of rotatable bonds is 3. The van der Waals surface area contributed by atoms with Crippen LogP contribution < -0.4 is 10.7 Å². The largest absolute Gasteiger partial charge is 0.343 e. The second-order valence-corrected chi connectivity index (χ2v) is 7.19. The van der Waals surface area contributed by atoms with E-state index in [1.807, 2.05) is 5.32 Å². The Balaban J connectivity index is 1.90. The summed E-state index contributed by atoms with van der Waals surface area (Å²) in [7, 11) is 1.12. The maximum absolute atomic E-state index is 14.0. The van der Waals surface area contributed by atoms with Crippen molar-refractivity contribution in [1.29, 1.82) is 0 Å². The van der Waals surface area contributed by atoms with E-state index in [9.17, 15) is 28.4 Å². The van der Waals surface area contributed by atoms with E-state index < -0.39 is 46.4 Å². The molecule has 1 unspecified atom stereocenters. The second-order valence-electron chi connectivity index (χ2n) is 6.78. The number of imide groups is 2. The average Bonchev–Trinajstić information content (AvgIpc) is 3.47. The summed E-state index contributed by atoms with van der Waals surface area (Å²) >= 11 is 5.84. The van der Waals surface area contributed by atoms with E-state index in [-0.39, 0.29) is 16.5 Å². The van der Waals surface area contributed by atoms with Crippen molar-refractivity contribution in [2.45, 2.75) is 18.9 Å². The van der Waals surface area contributed by atoms with Crippen molar-refractivity contribution >= 4 is 46.1 Å². The number of nitrogens with zero attached hydrogens (tertiary/aromatic N) is 2. The minimum Gasteiger partial charge on any atom is -0.343 e. The number of halogens is 2. The van der Waals surface area contributed by atoms with Crippen LogP contribution in [-0.4, -0.2) is 40.1 Å². The van der Waals surface area contributed by atoms with Crippen LogP contribution in [0.5, 0.6) is 0 Å². The lowest BCUT2D eigenvalue weighted by Crippen LogP contribution is -2.58. The Bertz CT molecular complexity index is 1150. The number of barbiturate groups is 1. The van der Waals surface area contributed by atoms with Crippen LogP contribution in [0.1, 0.15) is 29.2 Å². The summed E-state index contributed by atoms with van der Waals surface area (Å²) in [5, 5.41) is 1.66. The molecule has 0 bridgehead atoms. The third-order valence-electron chi connectivity index (χ3n) is 4.92. The Morgan fingerprint density at radius 2 is 1.89 bits per heavy atom. The summed E-state index contributed by atoms with van der Waals surface area (Å²) in [5.74, 6) is -5.86. The molecule has 1 aliphatic carbocycles. The zero-order valence-corrected chi connectivity index (χ0v) is 15.2. The highest BCUT2D eigenvalue weighted by atomic mass is 35.5. The van der Waals surface area contributed by atoms with Gasteiger partial charge < -0.3 is 4.57 Å². The molecule has 28 heavy (non-hydrogen) atoms. The van der Waals surface area contributed by atoms with Gasteiger partial charge in [0.15, 0.2) is 17.1 Å². The standard InChI is InChI=1S/C18H13ClFN3O5/c1-22-17(27)13(16(26)21-18(22)28)15(25)9-6-23(7-2-3-7)12-5-10(19)11(20)4-8(12)14(9)24/h4-7,13H,2-3H2,1H3,(H,21,26,28). The number of urea groups is 1. The summed E-state index contributed by atoms with van der Waals surface area (Å²) < 4.78 is 15.6. The number of aromatic nitrogens is 1. The minimum atomic E-state index is -1.86. The van der Waals surface area contributed by atoms with Crippen LogP contribution in [-0.2, 0) is 9.59 Å². The van der Waals surface area contributed by atoms with Gasteiger partial charge in [-0.05, 0) is 25.0 Å². The molecular weight excluding hydrogens is 393 g/mol. The molecule has 2 heterocycles. The van der Waals surface area contributed by atoms with E-state index in [0.717, 1.165) is 26.0 Å². The molecule has 1 aromatic carbocycles. The first kappa shape index (κ1) is 18.3. The van der Waals surface area contributed by atoms with Gasteiger partial charge in [-0.15, -0.1) is 0 Å². The zero-order valence-electron chi connectivity index (χ0n) is 14.5. The summed E-state index contributed by atoms with van der Waals surface area (Å²) in [6.07, 6.45) is 2.86. The first-order chi connectivity index (χ1) is 13.2. The molecule has 0 spiro atoms. The molecule has 144 valence electrons. The van der Waals surface area contributed by atoms with Crippen molar-refractivity contribution in [3.63, 3.8) is 0 Å². The van der Waals surface area contributed by atoms with E-state index >= 15 is 0 Å². The van der Waals surface area contributed by atoms with Crippen LogP contribution in [0, 0.1) is 11.7 Å². The Morgan fingerprint density at radius 3 is 2.54 bits per heavy atom. The predicted octanol–water partition coefficient (Wildman–Crippen LogP) is 1.64. The topological polar surface area (TPSA) is 106 Å². The highest BCUT2D eigenvalue weighted by molar-refractivity contribution is 6.31. The Morgan fingerprint density at radius 1 is 1.21 bits per heavy atom. The monoisotopic (exact) mass is 405 g/mol. The molecule has 1 saturated heterocycles. The third-order valence-corrected chi connectivity index (χ3v) is 5.21. The number of amides is 4. The van der Waals surface area contributed by atoms with Gasteiger partial charge in [-0.25, -0.2) is 9.18 Å². The SMILES string of the molecule is CN1C(=O)NC(=O)C(C(=O)c2cn(C3CC3)c3cc(Cl)c(F)cc3c2=O)C1=O. The van der Waals surface area contributed by atoms with Gasteiger partial charge in [0.05, 0.1) is 16.1 Å². The predicted molar refractivity (Wildman–Crippen MR) is 95.6 cm³/mol. The molecule has 10 heteroatoms. The minimum absolute atomic E-state index is 0.00341. The van der Waals surface area contributed by atoms with Gasteiger partial charge in [0.1, 0.15) is 5.82 Å². The number of nitrogens with one attached hydrogen (secondary N) is 1. The molecule has 2 aliphatic rings. The number of benzene rings is 1. The summed E-state index contributed by atoms with van der Waals surface area (Å²) in [6.45, 7) is 0. The van der Waals surface area contributed by atoms with Crippen LogP contribution in [0.15, 0.2) is 23.1 Å². The fraction of sp³-hybridized carbons (Fsp3) is 0.278. The van der Waals surface area contributed by atoms with Crippen molar-refractivity contribution in [2.24, 2.45) is 5.92 Å². The molecule has 8 nitrogen and oxygen atoms in total. The van der Waals surface area contributed by atoms with Gasteiger partial charge in [0.25, 0.3) is 5.91 Å². The molecule has 4 amide bonds. The maximum atomic E-state index is 14.0. The van der Waals surface area contributed by atoms with Gasteiger partial charge in [-0.3, -0.25) is 29.4 Å². The van der Waals surface area contributed by atoms with E-state index in [1.54, 1.807) is 4.57 Å². The number of hydrogen-bond acceptors (Lipinski definition) is 5. The van der Waals surface area contributed by atoms with Crippen molar-refractivity contribution in [2.75, 3.05) is 7.05 Å². The third kappa shape index (κ3) is 2.70. The van der Waals surface area contributed by atoms with Crippen LogP contribution >= 0.6 is 11.6 Å². The number of pyridine rings is 1. The second kappa shape index (κ2) is 6.23. The molecule has 1 aromatic heterocycles. The first-order valence-electron chi connectivity index (χ1n) is 8.41. The summed E-state index contributed by atoms with van der Waals surface area (Å²) in [5.41, 5.74) is -0.868. The van der Waals surface area contributed by atoms with Crippen molar-refractivity contribution < 1.29 is 23.6 Å². The summed E-state index contributed by atoms with van der Waals surface area (Å²) in [4.78, 5) is 62.3. The normalized spacial score (nSPS) is 19.9. The van der Waals surface area contributed by atoms with Gasteiger partial charge in [0.2, 0.25) is 5.91 Å². The van der Waals surface area contributed by atoms with Crippen LogP contribution in [0.3, 0.4) is 0 Å². The molecule has 1 N–H and O–H groups in total. The number of Topliss-reactive ketones (excluding diaryl/α,β-unsaturated/α-hetero) is 1. The quantitative estimate of drug-likeness (QED) is 0.617. The fourth-order valence-electron chi connectivity index (χ4n) is 3.23. The molecule has 1 saturated carbocycles. The van der Waals surface area contributed by atoms with Crippen LogP contribution in [0.2, 0.25) is 5.02 Å².